The molecule has 3 nitrogen and oxygen atoms in total. The summed E-state index contributed by atoms with van der Waals surface area (Å²) < 4.78 is 0.823. The molecule has 0 aliphatic rings. The summed E-state index contributed by atoms with van der Waals surface area (Å²) in [5, 5.41) is 2.58. The second kappa shape index (κ2) is 4.01. The van der Waals surface area contributed by atoms with Crippen molar-refractivity contribution in [3.05, 3.63) is 35.6 Å². The van der Waals surface area contributed by atoms with Crippen molar-refractivity contribution < 1.29 is 4.79 Å². The molecule has 1 aromatic rings. The van der Waals surface area contributed by atoms with Gasteiger partial charge in [0.2, 0.25) is 5.91 Å². The lowest BCUT2D eigenvalue weighted by Gasteiger charge is -2.00. The van der Waals surface area contributed by atoms with Crippen LogP contribution in [0, 0.1) is 0 Å². The van der Waals surface area contributed by atoms with Gasteiger partial charge in [-0.3, -0.25) is 9.78 Å². The fourth-order valence-electron chi connectivity index (χ4n) is 0.674. The molecule has 4 heteroatoms. The van der Waals surface area contributed by atoms with E-state index >= 15 is 0 Å². The van der Waals surface area contributed by atoms with E-state index in [2.05, 4.69) is 32.8 Å². The molecular weight excluding hydrogens is 220 g/mol. The van der Waals surface area contributed by atoms with Crippen molar-refractivity contribution in [2.75, 3.05) is 5.32 Å². The molecule has 12 heavy (non-hydrogen) atoms. The molecule has 0 saturated carbocycles. The fraction of sp³-hybridized carbons (Fsp3) is 0. The summed E-state index contributed by atoms with van der Waals surface area (Å²) in [5.41, 5.74) is 0.647. The predicted molar refractivity (Wildman–Crippen MR) is 50.8 cm³/mol. The third-order valence-corrected chi connectivity index (χ3v) is 1.59. The highest BCUT2D eigenvalue weighted by Crippen LogP contribution is 2.13. The Kier molecular flexibility index (Phi) is 2.99. The van der Waals surface area contributed by atoms with Gasteiger partial charge in [-0.2, -0.15) is 0 Å². The second-order valence-electron chi connectivity index (χ2n) is 2.09. The Morgan fingerprint density at radius 3 is 3.00 bits per heavy atom. The van der Waals surface area contributed by atoms with Gasteiger partial charge in [0, 0.05) is 10.7 Å². The van der Waals surface area contributed by atoms with Gasteiger partial charge in [0.05, 0.1) is 11.9 Å². The third-order valence-electron chi connectivity index (χ3n) is 1.16. The Bertz CT molecular complexity index is 312. The molecule has 0 bridgehead atoms. The van der Waals surface area contributed by atoms with Crippen molar-refractivity contribution in [1.82, 2.24) is 4.98 Å². The lowest BCUT2D eigenvalue weighted by atomic mass is 10.4. The van der Waals surface area contributed by atoms with Crippen LogP contribution in [0.25, 0.3) is 0 Å². The second-order valence-corrected chi connectivity index (χ2v) is 3.00. The minimum Gasteiger partial charge on any atom is -0.321 e. The summed E-state index contributed by atoms with van der Waals surface area (Å²) in [7, 11) is 0. The van der Waals surface area contributed by atoms with Gasteiger partial charge in [0.1, 0.15) is 0 Å². The summed E-state index contributed by atoms with van der Waals surface area (Å²) >= 11 is 3.23. The molecule has 0 aliphatic heterocycles. The monoisotopic (exact) mass is 226 g/mol. The molecule has 62 valence electrons. The topological polar surface area (TPSA) is 42.0 Å². The molecule has 0 spiro atoms. The highest BCUT2D eigenvalue weighted by molar-refractivity contribution is 9.10. The summed E-state index contributed by atoms with van der Waals surface area (Å²) in [6, 6.07) is 1.76. The SMILES string of the molecule is C=CC(=O)Nc1cncc(Br)c1. The van der Waals surface area contributed by atoms with E-state index < -0.39 is 0 Å². The third kappa shape index (κ3) is 2.47. The Morgan fingerprint density at radius 1 is 1.67 bits per heavy atom. The van der Waals surface area contributed by atoms with Gasteiger partial charge in [-0.1, -0.05) is 6.58 Å². The Balaban J connectivity index is 2.76. The van der Waals surface area contributed by atoms with E-state index in [4.69, 9.17) is 0 Å². The van der Waals surface area contributed by atoms with Crippen LogP contribution in [0.1, 0.15) is 0 Å². The lowest BCUT2D eigenvalue weighted by Crippen LogP contribution is -2.07. The number of nitrogens with one attached hydrogen (secondary N) is 1. The van der Waals surface area contributed by atoms with E-state index in [1.54, 1.807) is 18.5 Å². The molecule has 1 heterocycles. The van der Waals surface area contributed by atoms with Crippen molar-refractivity contribution in [2.24, 2.45) is 0 Å². The van der Waals surface area contributed by atoms with E-state index in [0.29, 0.717) is 5.69 Å². The number of hydrogen-bond donors (Lipinski definition) is 1. The molecule has 0 aromatic carbocycles. The van der Waals surface area contributed by atoms with E-state index in [1.165, 1.54) is 6.08 Å². The predicted octanol–water partition coefficient (Wildman–Crippen LogP) is 1.97. The summed E-state index contributed by atoms with van der Waals surface area (Å²) in [6.45, 7) is 3.34. The first-order chi connectivity index (χ1) is 5.72. The number of aromatic nitrogens is 1. The first-order valence-electron chi connectivity index (χ1n) is 3.26. The Labute approximate surface area is 78.6 Å². The largest absolute Gasteiger partial charge is 0.321 e. The number of pyridine rings is 1. The van der Waals surface area contributed by atoms with E-state index in [1.807, 2.05) is 0 Å². The molecule has 0 fully saturated rings. The van der Waals surface area contributed by atoms with Crippen molar-refractivity contribution >= 4 is 27.5 Å². The maximum absolute atomic E-state index is 10.8. The Morgan fingerprint density at radius 2 is 2.42 bits per heavy atom. The number of carbonyl (C=O) groups is 1. The molecule has 1 rings (SSSR count). The van der Waals surface area contributed by atoms with Crippen LogP contribution in [0.15, 0.2) is 35.6 Å². The Hall–Kier alpha value is -1.16. The number of nitrogens with zero attached hydrogens (tertiary/aromatic N) is 1. The van der Waals surface area contributed by atoms with Crippen LogP contribution in [0.2, 0.25) is 0 Å². The van der Waals surface area contributed by atoms with Gasteiger partial charge < -0.3 is 5.32 Å². The van der Waals surface area contributed by atoms with Crippen LogP contribution in [-0.2, 0) is 4.79 Å². The number of hydrogen-bond acceptors (Lipinski definition) is 2. The molecule has 0 saturated heterocycles. The number of rotatable bonds is 2. The molecule has 0 aliphatic carbocycles. The molecule has 0 radical (unpaired) electrons. The summed E-state index contributed by atoms with van der Waals surface area (Å²) in [6.07, 6.45) is 4.41. The quantitative estimate of drug-likeness (QED) is 0.784. The standard InChI is InChI=1S/C8H7BrN2O/c1-2-8(12)11-7-3-6(9)4-10-5-7/h2-5H,1H2,(H,11,12). The number of halogens is 1. The van der Waals surface area contributed by atoms with Crippen molar-refractivity contribution in [3.8, 4) is 0 Å². The van der Waals surface area contributed by atoms with Crippen LogP contribution in [0.4, 0.5) is 5.69 Å². The number of anilines is 1. The van der Waals surface area contributed by atoms with Crippen molar-refractivity contribution in [2.45, 2.75) is 0 Å². The highest BCUT2D eigenvalue weighted by Gasteiger charge is 1.96. The first-order valence-corrected chi connectivity index (χ1v) is 4.05. The van der Waals surface area contributed by atoms with Crippen molar-refractivity contribution in [1.29, 1.82) is 0 Å². The van der Waals surface area contributed by atoms with Gasteiger partial charge >= 0.3 is 0 Å². The zero-order valence-corrected chi connectivity index (χ0v) is 7.84. The zero-order chi connectivity index (χ0) is 8.97. The van der Waals surface area contributed by atoms with Crippen LogP contribution in [-0.4, -0.2) is 10.9 Å². The maximum atomic E-state index is 10.8. The minimum absolute atomic E-state index is 0.241. The van der Waals surface area contributed by atoms with Gasteiger partial charge in [0.15, 0.2) is 0 Å². The molecule has 1 amide bonds. The normalized spacial score (nSPS) is 9.08. The van der Waals surface area contributed by atoms with Gasteiger partial charge in [-0.15, -0.1) is 0 Å². The van der Waals surface area contributed by atoms with Crippen LogP contribution in [0.3, 0.4) is 0 Å². The van der Waals surface area contributed by atoms with E-state index in [0.717, 1.165) is 4.47 Å². The molecule has 0 unspecified atom stereocenters. The molecule has 1 N–H and O–H groups in total. The minimum atomic E-state index is -0.241. The van der Waals surface area contributed by atoms with Crippen molar-refractivity contribution in [3.63, 3.8) is 0 Å². The summed E-state index contributed by atoms with van der Waals surface area (Å²) in [5.74, 6) is -0.241. The van der Waals surface area contributed by atoms with E-state index in [-0.39, 0.29) is 5.91 Å². The summed E-state index contributed by atoms with van der Waals surface area (Å²) in [4.78, 5) is 14.7. The number of carbonyl (C=O) groups excluding carboxylic acids is 1. The number of amides is 1. The molecule has 0 atom stereocenters. The molecule has 1 aromatic heterocycles. The molecular formula is C8H7BrN2O. The smallest absolute Gasteiger partial charge is 0.247 e. The van der Waals surface area contributed by atoms with E-state index in [9.17, 15) is 4.79 Å². The lowest BCUT2D eigenvalue weighted by molar-refractivity contribution is -0.111. The first kappa shape index (κ1) is 8.93. The van der Waals surface area contributed by atoms with Gasteiger partial charge in [-0.05, 0) is 28.1 Å². The maximum Gasteiger partial charge on any atom is 0.247 e. The fourth-order valence-corrected chi connectivity index (χ4v) is 1.04. The van der Waals surface area contributed by atoms with Crippen LogP contribution >= 0.6 is 15.9 Å². The van der Waals surface area contributed by atoms with Gasteiger partial charge in [0.25, 0.3) is 0 Å². The van der Waals surface area contributed by atoms with Crippen LogP contribution < -0.4 is 5.32 Å². The highest BCUT2D eigenvalue weighted by atomic mass is 79.9. The average molecular weight is 227 g/mol. The average Bonchev–Trinajstić information content (AvgIpc) is 2.04. The zero-order valence-electron chi connectivity index (χ0n) is 6.25. The van der Waals surface area contributed by atoms with Crippen LogP contribution in [0.5, 0.6) is 0 Å². The van der Waals surface area contributed by atoms with Gasteiger partial charge in [-0.25, -0.2) is 0 Å².